The number of ether oxygens (including phenoxy) is 3. The summed E-state index contributed by atoms with van der Waals surface area (Å²) in [4.78, 5) is 12.4. The Morgan fingerprint density at radius 2 is 1.85 bits per heavy atom. The molecule has 1 aliphatic heterocycles. The lowest BCUT2D eigenvalue weighted by Crippen LogP contribution is -2.17. The molecule has 7 heteroatoms. The fraction of sp³-hybridized carbons (Fsp3) is 0.150. The summed E-state index contributed by atoms with van der Waals surface area (Å²) in [7, 11) is 0. The highest BCUT2D eigenvalue weighted by Gasteiger charge is 2.14. The zero-order valence-electron chi connectivity index (χ0n) is 14.3. The normalized spacial score (nSPS) is 12.4. The van der Waals surface area contributed by atoms with Gasteiger partial charge in [0.05, 0.1) is 0 Å². The topological polar surface area (TPSA) is 104 Å². The molecule has 2 aromatic carbocycles. The van der Waals surface area contributed by atoms with E-state index in [4.69, 9.17) is 19.5 Å². The molecular formula is C20H15N3O4. The van der Waals surface area contributed by atoms with Crippen LogP contribution in [0.3, 0.4) is 0 Å². The third-order valence-corrected chi connectivity index (χ3v) is 3.66. The molecule has 0 unspecified atom stereocenters. The van der Waals surface area contributed by atoms with Crippen LogP contribution < -0.4 is 19.5 Å². The first-order chi connectivity index (χ1) is 13.2. The first kappa shape index (κ1) is 17.8. The summed E-state index contributed by atoms with van der Waals surface area (Å²) in [6.07, 6.45) is 1.47. The van der Waals surface area contributed by atoms with E-state index in [9.17, 15) is 10.1 Å². The van der Waals surface area contributed by atoms with Crippen molar-refractivity contribution < 1.29 is 19.0 Å². The number of carbonyl (C=O) groups is 1. The Morgan fingerprint density at radius 3 is 2.56 bits per heavy atom. The van der Waals surface area contributed by atoms with Gasteiger partial charge in [-0.05, 0) is 35.9 Å². The van der Waals surface area contributed by atoms with Crippen LogP contribution >= 0.6 is 0 Å². The van der Waals surface area contributed by atoms with Crippen LogP contribution in [0, 0.1) is 22.7 Å². The lowest BCUT2D eigenvalue weighted by atomic mass is 10.1. The predicted molar refractivity (Wildman–Crippen MR) is 97.2 cm³/mol. The van der Waals surface area contributed by atoms with Crippen LogP contribution in [0.2, 0.25) is 0 Å². The highest BCUT2D eigenvalue weighted by atomic mass is 16.6. The third-order valence-electron chi connectivity index (χ3n) is 3.66. The number of carbonyl (C=O) groups excluding carboxylic acids is 1. The first-order valence-corrected chi connectivity index (χ1v) is 8.12. The SMILES string of the molecule is N#CCOc1ccc(/C=C(\C#N)C(=O)Nc2ccc3c(c2)OCCO3)cc1. The van der Waals surface area contributed by atoms with E-state index in [2.05, 4.69) is 5.32 Å². The minimum absolute atomic E-state index is 0.0451. The molecule has 1 N–H and O–H groups in total. The highest BCUT2D eigenvalue weighted by Crippen LogP contribution is 2.32. The number of nitrogens with one attached hydrogen (secondary N) is 1. The zero-order chi connectivity index (χ0) is 19.1. The molecule has 2 aromatic rings. The van der Waals surface area contributed by atoms with Crippen LogP contribution in [-0.2, 0) is 4.79 Å². The fourth-order valence-corrected chi connectivity index (χ4v) is 2.41. The number of nitriles is 2. The van der Waals surface area contributed by atoms with Gasteiger partial charge < -0.3 is 19.5 Å². The summed E-state index contributed by atoms with van der Waals surface area (Å²) < 4.78 is 16.1. The Balaban J connectivity index is 1.71. The number of benzene rings is 2. The summed E-state index contributed by atoms with van der Waals surface area (Å²) in [5, 5.41) is 20.5. The van der Waals surface area contributed by atoms with E-state index < -0.39 is 5.91 Å². The second-order valence-electron chi connectivity index (χ2n) is 5.50. The van der Waals surface area contributed by atoms with Crippen LogP contribution in [0.25, 0.3) is 6.08 Å². The summed E-state index contributed by atoms with van der Waals surface area (Å²) in [6.45, 7) is 0.888. The van der Waals surface area contributed by atoms with Crippen LogP contribution in [0.1, 0.15) is 5.56 Å². The van der Waals surface area contributed by atoms with E-state index in [1.807, 2.05) is 12.1 Å². The average molecular weight is 361 g/mol. The number of rotatable bonds is 5. The van der Waals surface area contributed by atoms with Gasteiger partial charge in [0.25, 0.3) is 5.91 Å². The van der Waals surface area contributed by atoms with Crippen LogP contribution in [0.5, 0.6) is 17.2 Å². The van der Waals surface area contributed by atoms with Crippen molar-refractivity contribution in [2.75, 3.05) is 25.1 Å². The van der Waals surface area contributed by atoms with Gasteiger partial charge in [-0.3, -0.25) is 4.79 Å². The Kier molecular flexibility index (Phi) is 5.56. The molecule has 27 heavy (non-hydrogen) atoms. The molecule has 0 fully saturated rings. The van der Waals surface area contributed by atoms with E-state index >= 15 is 0 Å². The van der Waals surface area contributed by atoms with Crippen LogP contribution in [0.15, 0.2) is 48.0 Å². The van der Waals surface area contributed by atoms with Gasteiger partial charge in [0.15, 0.2) is 18.1 Å². The van der Waals surface area contributed by atoms with E-state index in [0.717, 1.165) is 0 Å². The molecule has 0 radical (unpaired) electrons. The minimum atomic E-state index is -0.529. The number of hydrogen-bond acceptors (Lipinski definition) is 6. The molecule has 3 rings (SSSR count). The van der Waals surface area contributed by atoms with Crippen LogP contribution in [0.4, 0.5) is 5.69 Å². The predicted octanol–water partition coefficient (Wildman–Crippen LogP) is 2.91. The molecule has 0 atom stereocenters. The Hall–Kier alpha value is -3.97. The van der Waals surface area contributed by atoms with Crippen molar-refractivity contribution in [2.45, 2.75) is 0 Å². The van der Waals surface area contributed by atoms with Gasteiger partial charge in [-0.2, -0.15) is 10.5 Å². The van der Waals surface area contributed by atoms with Crippen molar-refractivity contribution in [3.63, 3.8) is 0 Å². The standard InChI is InChI=1S/C20H15N3O4/c21-7-8-25-17-4-1-14(2-5-17)11-15(13-22)20(24)23-16-3-6-18-19(12-16)27-10-9-26-18/h1-6,11-12H,8-10H2,(H,23,24)/b15-11+. The maximum absolute atomic E-state index is 12.4. The molecule has 1 amide bonds. The molecule has 0 aliphatic carbocycles. The smallest absolute Gasteiger partial charge is 0.266 e. The molecule has 0 aromatic heterocycles. The molecule has 0 saturated heterocycles. The van der Waals surface area contributed by atoms with Gasteiger partial charge in [-0.1, -0.05) is 12.1 Å². The summed E-state index contributed by atoms with van der Waals surface area (Å²) >= 11 is 0. The summed E-state index contributed by atoms with van der Waals surface area (Å²) in [5.41, 5.74) is 1.12. The maximum atomic E-state index is 12.4. The highest BCUT2D eigenvalue weighted by molar-refractivity contribution is 6.09. The Morgan fingerprint density at radius 1 is 1.11 bits per heavy atom. The largest absolute Gasteiger partial charge is 0.486 e. The molecule has 0 saturated carbocycles. The first-order valence-electron chi connectivity index (χ1n) is 8.12. The quantitative estimate of drug-likeness (QED) is 0.648. The van der Waals surface area contributed by atoms with E-state index in [1.165, 1.54) is 6.08 Å². The van der Waals surface area contributed by atoms with Gasteiger partial charge in [0.2, 0.25) is 0 Å². The van der Waals surface area contributed by atoms with Crippen molar-refractivity contribution in [1.29, 1.82) is 10.5 Å². The van der Waals surface area contributed by atoms with Crippen molar-refractivity contribution in [1.82, 2.24) is 0 Å². The Bertz CT molecular complexity index is 953. The van der Waals surface area contributed by atoms with Crippen LogP contribution in [-0.4, -0.2) is 25.7 Å². The summed E-state index contributed by atoms with van der Waals surface area (Å²) in [6, 6.07) is 15.5. The number of fused-ring (bicyclic) bond motifs is 1. The van der Waals surface area contributed by atoms with Gasteiger partial charge in [-0.15, -0.1) is 0 Å². The lowest BCUT2D eigenvalue weighted by Gasteiger charge is -2.18. The van der Waals surface area contributed by atoms with E-state index in [1.54, 1.807) is 42.5 Å². The van der Waals surface area contributed by atoms with Crippen molar-refractivity contribution in [2.24, 2.45) is 0 Å². The minimum Gasteiger partial charge on any atom is -0.486 e. The number of anilines is 1. The number of nitrogens with zero attached hydrogens (tertiary/aromatic N) is 2. The Labute approximate surface area is 156 Å². The van der Waals surface area contributed by atoms with Crippen molar-refractivity contribution >= 4 is 17.7 Å². The van der Waals surface area contributed by atoms with Gasteiger partial charge in [0, 0.05) is 11.8 Å². The molecule has 134 valence electrons. The fourth-order valence-electron chi connectivity index (χ4n) is 2.41. The molecule has 7 nitrogen and oxygen atoms in total. The number of amides is 1. The molecule has 1 heterocycles. The summed E-state index contributed by atoms with van der Waals surface area (Å²) in [5.74, 6) is 1.18. The molecular weight excluding hydrogens is 346 g/mol. The molecule has 0 spiro atoms. The number of hydrogen-bond donors (Lipinski definition) is 1. The molecule has 1 aliphatic rings. The molecule has 0 bridgehead atoms. The van der Waals surface area contributed by atoms with Gasteiger partial charge >= 0.3 is 0 Å². The zero-order valence-corrected chi connectivity index (χ0v) is 14.3. The van der Waals surface area contributed by atoms with Crippen molar-refractivity contribution in [3.8, 4) is 29.4 Å². The second-order valence-corrected chi connectivity index (χ2v) is 5.50. The second kappa shape index (κ2) is 8.41. The monoisotopic (exact) mass is 361 g/mol. The van der Waals surface area contributed by atoms with E-state index in [-0.39, 0.29) is 12.2 Å². The van der Waals surface area contributed by atoms with Gasteiger partial charge in [0.1, 0.15) is 36.7 Å². The average Bonchev–Trinajstić information content (AvgIpc) is 2.71. The van der Waals surface area contributed by atoms with Gasteiger partial charge in [-0.25, -0.2) is 0 Å². The van der Waals surface area contributed by atoms with Crippen molar-refractivity contribution in [3.05, 3.63) is 53.6 Å². The third kappa shape index (κ3) is 4.56. The van der Waals surface area contributed by atoms with E-state index in [0.29, 0.717) is 41.7 Å². The lowest BCUT2D eigenvalue weighted by molar-refractivity contribution is -0.112. The maximum Gasteiger partial charge on any atom is 0.266 e.